The van der Waals surface area contributed by atoms with E-state index in [1.165, 1.54) is 37.3 Å². The highest BCUT2D eigenvalue weighted by atomic mass is 35.5. The third kappa shape index (κ3) is 4.45. The summed E-state index contributed by atoms with van der Waals surface area (Å²) in [5.41, 5.74) is -1.02. The van der Waals surface area contributed by atoms with Crippen molar-refractivity contribution in [3.05, 3.63) is 58.7 Å². The lowest BCUT2D eigenvalue weighted by molar-refractivity contribution is -0.274. The summed E-state index contributed by atoms with van der Waals surface area (Å²) in [6, 6.07) is 8.64. The Kier molecular flexibility index (Phi) is 5.20. The van der Waals surface area contributed by atoms with Gasteiger partial charge in [0.15, 0.2) is 0 Å². The van der Waals surface area contributed by atoms with Gasteiger partial charge in [0.2, 0.25) is 0 Å². The van der Waals surface area contributed by atoms with Crippen molar-refractivity contribution in [1.82, 2.24) is 4.98 Å². The van der Waals surface area contributed by atoms with E-state index in [9.17, 15) is 31.1 Å². The monoisotopic (exact) mass is 433 g/mol. The van der Waals surface area contributed by atoms with Crippen LogP contribution in [0.15, 0.2) is 42.5 Å². The van der Waals surface area contributed by atoms with Crippen molar-refractivity contribution in [3.63, 3.8) is 0 Å². The molecule has 0 aliphatic carbocycles. The number of fused-ring (bicyclic) bond motifs is 1. The molecule has 0 saturated heterocycles. The van der Waals surface area contributed by atoms with E-state index in [2.05, 4.69) is 9.72 Å². The SMILES string of the molecule is Cc1nc2ccc(OC(F)(F)F)cc2c(-c2cccc(Cl)c2)c1C(=O)C(F)(F)F. The van der Waals surface area contributed by atoms with Crippen LogP contribution in [0.25, 0.3) is 22.0 Å². The van der Waals surface area contributed by atoms with Crippen LogP contribution in [0.2, 0.25) is 5.02 Å². The van der Waals surface area contributed by atoms with E-state index < -0.39 is 29.6 Å². The van der Waals surface area contributed by atoms with Crippen LogP contribution < -0.4 is 4.74 Å². The summed E-state index contributed by atoms with van der Waals surface area (Å²) in [5, 5.41) is 0.0467. The normalized spacial score (nSPS) is 12.3. The zero-order valence-electron chi connectivity index (χ0n) is 14.5. The van der Waals surface area contributed by atoms with Crippen LogP contribution in [0.3, 0.4) is 0 Å². The van der Waals surface area contributed by atoms with Gasteiger partial charge in [-0.3, -0.25) is 9.78 Å². The number of Topliss-reactive ketones (excluding diaryl/α,β-unsaturated/α-hetero) is 1. The summed E-state index contributed by atoms with van der Waals surface area (Å²) in [4.78, 5) is 16.1. The molecular weight excluding hydrogens is 424 g/mol. The van der Waals surface area contributed by atoms with Gasteiger partial charge < -0.3 is 4.74 Å². The topological polar surface area (TPSA) is 39.2 Å². The maximum Gasteiger partial charge on any atom is 0.573 e. The molecule has 0 unspecified atom stereocenters. The molecule has 0 spiro atoms. The second-order valence-corrected chi connectivity index (χ2v) is 6.45. The lowest BCUT2D eigenvalue weighted by Gasteiger charge is -2.17. The summed E-state index contributed by atoms with van der Waals surface area (Å²) in [7, 11) is 0. The molecule has 0 fully saturated rings. The predicted octanol–water partition coefficient (Wildman–Crippen LogP) is 6.51. The molecule has 1 aromatic heterocycles. The number of aryl methyl sites for hydroxylation is 1. The van der Waals surface area contributed by atoms with Crippen molar-refractivity contribution in [2.24, 2.45) is 0 Å². The number of hydrogen-bond acceptors (Lipinski definition) is 3. The number of ketones is 1. The Labute approximate surface area is 164 Å². The lowest BCUT2D eigenvalue weighted by Crippen LogP contribution is -2.25. The minimum atomic E-state index is -5.21. The minimum absolute atomic E-state index is 0.0886. The molecule has 2 aromatic carbocycles. The highest BCUT2D eigenvalue weighted by Gasteiger charge is 2.42. The zero-order chi connectivity index (χ0) is 21.6. The fourth-order valence-corrected chi connectivity index (χ4v) is 3.12. The Hall–Kier alpha value is -2.81. The van der Waals surface area contributed by atoms with E-state index in [0.29, 0.717) is 0 Å². The Morgan fingerprint density at radius 1 is 1.03 bits per heavy atom. The van der Waals surface area contributed by atoms with E-state index in [1.54, 1.807) is 0 Å². The fraction of sp³-hybridized carbons (Fsp3) is 0.158. The number of nitrogens with zero attached hydrogens (tertiary/aromatic N) is 1. The highest BCUT2D eigenvalue weighted by Crippen LogP contribution is 2.39. The number of rotatable bonds is 3. The quantitative estimate of drug-likeness (QED) is 0.349. The van der Waals surface area contributed by atoms with Gasteiger partial charge in [-0.15, -0.1) is 13.2 Å². The molecule has 0 aliphatic heterocycles. The van der Waals surface area contributed by atoms with Crippen molar-refractivity contribution in [2.45, 2.75) is 19.5 Å². The van der Waals surface area contributed by atoms with Gasteiger partial charge in [0.05, 0.1) is 11.1 Å². The Balaban J connectivity index is 2.41. The Morgan fingerprint density at radius 2 is 1.72 bits per heavy atom. The minimum Gasteiger partial charge on any atom is -0.406 e. The maximum absolute atomic E-state index is 13.2. The second kappa shape index (κ2) is 7.22. The fourth-order valence-electron chi connectivity index (χ4n) is 2.93. The molecule has 29 heavy (non-hydrogen) atoms. The molecule has 0 N–H and O–H groups in total. The van der Waals surface area contributed by atoms with Crippen LogP contribution in [0.4, 0.5) is 26.3 Å². The van der Waals surface area contributed by atoms with Gasteiger partial charge in [0, 0.05) is 21.7 Å². The Bertz CT molecular complexity index is 1110. The molecule has 152 valence electrons. The second-order valence-electron chi connectivity index (χ2n) is 6.01. The van der Waals surface area contributed by atoms with E-state index in [-0.39, 0.29) is 32.7 Å². The van der Waals surface area contributed by atoms with Crippen molar-refractivity contribution < 1.29 is 35.9 Å². The first-order valence-corrected chi connectivity index (χ1v) is 8.32. The molecule has 3 aromatic rings. The van der Waals surface area contributed by atoms with Crippen molar-refractivity contribution >= 4 is 28.3 Å². The molecule has 0 amide bonds. The van der Waals surface area contributed by atoms with E-state index in [1.807, 2.05) is 0 Å². The van der Waals surface area contributed by atoms with Crippen LogP contribution in [0.5, 0.6) is 5.75 Å². The highest BCUT2D eigenvalue weighted by molar-refractivity contribution is 6.31. The van der Waals surface area contributed by atoms with Gasteiger partial charge in [0.1, 0.15) is 5.75 Å². The lowest BCUT2D eigenvalue weighted by atomic mass is 9.92. The first-order chi connectivity index (χ1) is 13.4. The Morgan fingerprint density at radius 3 is 2.31 bits per heavy atom. The third-order valence-electron chi connectivity index (χ3n) is 3.97. The largest absolute Gasteiger partial charge is 0.573 e. The maximum atomic E-state index is 13.2. The standard InChI is InChI=1S/C19H10ClF6NO2/c1-9-15(17(28)18(21,22)23)16(10-3-2-4-11(20)7-10)13-8-12(29-19(24,25)26)5-6-14(13)27-9/h2-8H,1H3. The van der Waals surface area contributed by atoms with Crippen molar-refractivity contribution in [1.29, 1.82) is 0 Å². The predicted molar refractivity (Wildman–Crippen MR) is 94.0 cm³/mol. The van der Waals surface area contributed by atoms with Gasteiger partial charge in [-0.1, -0.05) is 23.7 Å². The van der Waals surface area contributed by atoms with Crippen LogP contribution >= 0.6 is 11.6 Å². The average Bonchev–Trinajstić information content (AvgIpc) is 2.58. The number of alkyl halides is 6. The zero-order valence-corrected chi connectivity index (χ0v) is 15.2. The molecule has 1 heterocycles. The van der Waals surface area contributed by atoms with E-state index >= 15 is 0 Å². The van der Waals surface area contributed by atoms with Gasteiger partial charge in [-0.05, 0) is 42.8 Å². The third-order valence-corrected chi connectivity index (χ3v) is 4.20. The van der Waals surface area contributed by atoms with Crippen LogP contribution in [-0.2, 0) is 0 Å². The molecule has 0 bridgehead atoms. The number of carbonyl (C=O) groups is 1. The van der Waals surface area contributed by atoms with Gasteiger partial charge in [0.25, 0.3) is 5.78 Å². The number of ether oxygens (including phenoxy) is 1. The van der Waals surface area contributed by atoms with Crippen LogP contribution in [0.1, 0.15) is 16.1 Å². The molecule has 3 rings (SSSR count). The summed E-state index contributed by atoms with van der Waals surface area (Å²) >= 11 is 5.93. The summed E-state index contributed by atoms with van der Waals surface area (Å²) < 4.78 is 81.3. The van der Waals surface area contributed by atoms with Crippen molar-refractivity contribution in [2.75, 3.05) is 0 Å². The molecule has 0 saturated carbocycles. The van der Waals surface area contributed by atoms with Gasteiger partial charge in [-0.2, -0.15) is 13.2 Å². The number of pyridine rings is 1. The smallest absolute Gasteiger partial charge is 0.406 e. The van der Waals surface area contributed by atoms with E-state index in [0.717, 1.165) is 12.1 Å². The summed E-state index contributed by atoms with van der Waals surface area (Å²) in [5.74, 6) is -2.83. The van der Waals surface area contributed by atoms with Crippen molar-refractivity contribution in [3.8, 4) is 16.9 Å². The van der Waals surface area contributed by atoms with Gasteiger partial charge in [-0.25, -0.2) is 0 Å². The summed E-state index contributed by atoms with van der Waals surface area (Å²) in [6.45, 7) is 1.21. The molecular formula is C19H10ClF6NO2. The molecule has 0 radical (unpaired) electrons. The number of carbonyl (C=O) groups excluding carboxylic acids is 1. The summed E-state index contributed by atoms with van der Waals surface area (Å²) in [6.07, 6.45) is -10.2. The van der Waals surface area contributed by atoms with Crippen LogP contribution in [0, 0.1) is 6.92 Å². The molecule has 3 nitrogen and oxygen atoms in total. The number of aromatic nitrogens is 1. The van der Waals surface area contributed by atoms with Crippen LogP contribution in [-0.4, -0.2) is 23.3 Å². The first kappa shape index (κ1) is 20.9. The average molecular weight is 434 g/mol. The number of benzene rings is 2. The van der Waals surface area contributed by atoms with Gasteiger partial charge >= 0.3 is 12.5 Å². The first-order valence-electron chi connectivity index (χ1n) is 7.94. The number of halogens is 7. The molecule has 10 heteroatoms. The van der Waals surface area contributed by atoms with E-state index in [4.69, 9.17) is 11.6 Å². The number of hydrogen-bond donors (Lipinski definition) is 0. The molecule has 0 aliphatic rings. The molecule has 0 atom stereocenters.